The van der Waals surface area contributed by atoms with Crippen molar-refractivity contribution in [1.82, 2.24) is 0 Å². The number of hydrogen-bond acceptors (Lipinski definition) is 2. The van der Waals surface area contributed by atoms with Crippen molar-refractivity contribution in [2.24, 2.45) is 0 Å². The van der Waals surface area contributed by atoms with E-state index in [2.05, 4.69) is 17.4 Å². The Hall–Kier alpha value is -2.78. The molecule has 0 saturated carbocycles. The highest BCUT2D eigenvalue weighted by Gasteiger charge is 2.09. The van der Waals surface area contributed by atoms with Crippen LogP contribution in [0.1, 0.15) is 21.5 Å². The maximum atomic E-state index is 11.3. The summed E-state index contributed by atoms with van der Waals surface area (Å²) in [6.45, 7) is 0. The number of carbonyl (C=O) groups is 1. The van der Waals surface area contributed by atoms with Crippen molar-refractivity contribution < 1.29 is 9.90 Å². The van der Waals surface area contributed by atoms with E-state index in [0.717, 1.165) is 23.6 Å². The van der Waals surface area contributed by atoms with Crippen LogP contribution >= 0.6 is 11.6 Å². The number of anilines is 2. The second-order valence-electron chi connectivity index (χ2n) is 5.80. The topological polar surface area (TPSA) is 49.3 Å². The van der Waals surface area contributed by atoms with Crippen molar-refractivity contribution >= 4 is 28.9 Å². The number of benzene rings is 3. The summed E-state index contributed by atoms with van der Waals surface area (Å²) in [6, 6.07) is 22.8. The van der Waals surface area contributed by atoms with Crippen molar-refractivity contribution in [1.29, 1.82) is 0 Å². The fourth-order valence-corrected chi connectivity index (χ4v) is 2.80. The zero-order valence-corrected chi connectivity index (χ0v) is 14.3. The smallest absolute Gasteiger partial charge is 0.337 e. The van der Waals surface area contributed by atoms with E-state index in [9.17, 15) is 9.90 Å². The Balaban J connectivity index is 1.71. The maximum Gasteiger partial charge on any atom is 0.337 e. The van der Waals surface area contributed by atoms with Crippen LogP contribution in [-0.4, -0.2) is 11.1 Å². The lowest BCUT2D eigenvalue weighted by molar-refractivity contribution is 0.0698. The van der Waals surface area contributed by atoms with Gasteiger partial charge in [0.15, 0.2) is 0 Å². The summed E-state index contributed by atoms with van der Waals surface area (Å²) in [5.41, 5.74) is 4.15. The zero-order valence-electron chi connectivity index (χ0n) is 13.6. The van der Waals surface area contributed by atoms with E-state index in [1.54, 1.807) is 18.2 Å². The van der Waals surface area contributed by atoms with Gasteiger partial charge in [0.2, 0.25) is 0 Å². The summed E-state index contributed by atoms with van der Waals surface area (Å²) in [4.78, 5) is 11.3. The van der Waals surface area contributed by atoms with Gasteiger partial charge in [-0.05, 0) is 60.4 Å². The summed E-state index contributed by atoms with van der Waals surface area (Å²) in [7, 11) is 0. The van der Waals surface area contributed by atoms with Crippen LogP contribution in [0.25, 0.3) is 0 Å². The average molecular weight is 352 g/mol. The molecule has 126 valence electrons. The standard InChI is InChI=1S/C21H18ClNO2/c22-17-12-10-15(11-13-17)8-9-16-4-3-5-18(14-16)23-20-7-2-1-6-19(20)21(24)25/h1-7,10-14,23H,8-9H2,(H,24,25). The molecule has 0 heterocycles. The van der Waals surface area contributed by atoms with E-state index in [4.69, 9.17) is 11.6 Å². The highest BCUT2D eigenvalue weighted by Crippen LogP contribution is 2.22. The summed E-state index contributed by atoms with van der Waals surface area (Å²) in [5.74, 6) is -0.943. The number of aryl methyl sites for hydroxylation is 2. The van der Waals surface area contributed by atoms with E-state index < -0.39 is 5.97 Å². The highest BCUT2D eigenvalue weighted by atomic mass is 35.5. The first-order valence-electron chi connectivity index (χ1n) is 8.04. The lowest BCUT2D eigenvalue weighted by Crippen LogP contribution is -2.02. The molecule has 0 aliphatic carbocycles. The summed E-state index contributed by atoms with van der Waals surface area (Å²) < 4.78 is 0. The van der Waals surface area contributed by atoms with Crippen LogP contribution in [0.3, 0.4) is 0 Å². The minimum absolute atomic E-state index is 0.258. The van der Waals surface area contributed by atoms with Crippen LogP contribution in [0.2, 0.25) is 5.02 Å². The molecule has 0 aromatic heterocycles. The Bertz CT molecular complexity index is 875. The number of para-hydroxylation sites is 1. The third-order valence-corrected chi connectivity index (χ3v) is 4.23. The predicted molar refractivity (Wildman–Crippen MR) is 102 cm³/mol. The lowest BCUT2D eigenvalue weighted by Gasteiger charge is -2.11. The molecule has 0 amide bonds. The van der Waals surface area contributed by atoms with Gasteiger partial charge in [-0.15, -0.1) is 0 Å². The molecule has 3 nitrogen and oxygen atoms in total. The monoisotopic (exact) mass is 351 g/mol. The molecule has 0 aliphatic heterocycles. The Morgan fingerprint density at radius 1 is 0.880 bits per heavy atom. The van der Waals surface area contributed by atoms with E-state index in [-0.39, 0.29) is 5.56 Å². The fourth-order valence-electron chi connectivity index (χ4n) is 2.68. The Labute approximate surface area is 151 Å². The molecule has 0 radical (unpaired) electrons. The van der Waals surface area contributed by atoms with Crippen LogP contribution in [-0.2, 0) is 12.8 Å². The SMILES string of the molecule is O=C(O)c1ccccc1Nc1cccc(CCc2ccc(Cl)cc2)c1. The third kappa shape index (κ3) is 4.61. The molecule has 0 saturated heterocycles. The van der Waals surface area contributed by atoms with Gasteiger partial charge in [-0.2, -0.15) is 0 Å². The van der Waals surface area contributed by atoms with Gasteiger partial charge < -0.3 is 10.4 Å². The largest absolute Gasteiger partial charge is 0.478 e. The predicted octanol–water partition coefficient (Wildman–Crippen LogP) is 5.57. The summed E-state index contributed by atoms with van der Waals surface area (Å²) >= 11 is 5.91. The van der Waals surface area contributed by atoms with Gasteiger partial charge >= 0.3 is 5.97 Å². The minimum Gasteiger partial charge on any atom is -0.478 e. The number of hydrogen-bond donors (Lipinski definition) is 2. The zero-order chi connectivity index (χ0) is 17.6. The van der Waals surface area contributed by atoms with Crippen LogP contribution in [0.5, 0.6) is 0 Å². The quantitative estimate of drug-likeness (QED) is 0.610. The highest BCUT2D eigenvalue weighted by molar-refractivity contribution is 6.30. The summed E-state index contributed by atoms with van der Waals surface area (Å²) in [5, 5.41) is 13.2. The number of aromatic carboxylic acids is 1. The van der Waals surface area contributed by atoms with Crippen LogP contribution < -0.4 is 5.32 Å². The van der Waals surface area contributed by atoms with Gasteiger partial charge in [0.25, 0.3) is 0 Å². The normalized spacial score (nSPS) is 10.4. The molecule has 2 N–H and O–H groups in total. The number of carboxylic acids is 1. The van der Waals surface area contributed by atoms with E-state index >= 15 is 0 Å². The van der Waals surface area contributed by atoms with Crippen LogP contribution in [0.15, 0.2) is 72.8 Å². The first-order chi connectivity index (χ1) is 12.1. The Morgan fingerprint density at radius 2 is 1.60 bits per heavy atom. The Morgan fingerprint density at radius 3 is 2.36 bits per heavy atom. The van der Waals surface area contributed by atoms with Gasteiger partial charge in [-0.3, -0.25) is 0 Å². The molecule has 0 fully saturated rings. The second-order valence-corrected chi connectivity index (χ2v) is 6.24. The molecule has 4 heteroatoms. The maximum absolute atomic E-state index is 11.3. The molecular formula is C21H18ClNO2. The van der Waals surface area contributed by atoms with Gasteiger partial charge in [-0.25, -0.2) is 4.79 Å². The van der Waals surface area contributed by atoms with Gasteiger partial charge in [0, 0.05) is 10.7 Å². The van der Waals surface area contributed by atoms with Crippen molar-refractivity contribution in [3.05, 3.63) is 94.5 Å². The van der Waals surface area contributed by atoms with Crippen LogP contribution in [0.4, 0.5) is 11.4 Å². The Kier molecular flexibility index (Phi) is 5.36. The molecular weight excluding hydrogens is 334 g/mol. The lowest BCUT2D eigenvalue weighted by atomic mass is 10.0. The van der Waals surface area contributed by atoms with Crippen molar-refractivity contribution in [3.8, 4) is 0 Å². The molecule has 3 aromatic carbocycles. The number of nitrogens with one attached hydrogen (secondary N) is 1. The van der Waals surface area contributed by atoms with Gasteiger partial charge in [0.05, 0.1) is 11.3 Å². The number of carboxylic acid groups (broad SMARTS) is 1. The molecule has 0 aliphatic rings. The second kappa shape index (κ2) is 7.86. The molecule has 3 rings (SSSR count). The molecule has 0 bridgehead atoms. The van der Waals surface area contributed by atoms with Crippen molar-refractivity contribution in [3.63, 3.8) is 0 Å². The van der Waals surface area contributed by atoms with E-state index in [1.165, 1.54) is 11.1 Å². The molecule has 3 aromatic rings. The van der Waals surface area contributed by atoms with Crippen LogP contribution in [0, 0.1) is 0 Å². The molecule has 0 atom stereocenters. The third-order valence-electron chi connectivity index (χ3n) is 3.98. The molecule has 0 unspecified atom stereocenters. The number of rotatable bonds is 6. The first-order valence-corrected chi connectivity index (χ1v) is 8.42. The van der Waals surface area contributed by atoms with E-state index in [1.807, 2.05) is 42.5 Å². The first kappa shape index (κ1) is 17.1. The van der Waals surface area contributed by atoms with Crippen molar-refractivity contribution in [2.45, 2.75) is 12.8 Å². The van der Waals surface area contributed by atoms with E-state index in [0.29, 0.717) is 5.69 Å². The number of halogens is 1. The minimum atomic E-state index is -0.943. The van der Waals surface area contributed by atoms with Gasteiger partial charge in [-0.1, -0.05) is 48.0 Å². The molecule has 25 heavy (non-hydrogen) atoms. The summed E-state index contributed by atoms with van der Waals surface area (Å²) in [6.07, 6.45) is 1.82. The van der Waals surface area contributed by atoms with Crippen molar-refractivity contribution in [2.75, 3.05) is 5.32 Å². The average Bonchev–Trinajstić information content (AvgIpc) is 2.62. The fraction of sp³-hybridized carbons (Fsp3) is 0.0952. The molecule has 0 spiro atoms. The van der Waals surface area contributed by atoms with Gasteiger partial charge in [0.1, 0.15) is 0 Å².